The molecule has 0 radical (unpaired) electrons. The van der Waals surface area contributed by atoms with Gasteiger partial charge in [0.2, 0.25) is 5.91 Å². The van der Waals surface area contributed by atoms with Gasteiger partial charge in [0.05, 0.1) is 17.5 Å². The highest BCUT2D eigenvalue weighted by Gasteiger charge is 2.48. The standard InChI is InChI=1S/C18H22N2O5S2/c21-16(7-4-8-17(22)23)19-18-20(10-9-13-5-2-1-3-6-13)14-11-27(24,25)12-15(14)26-18/h1-3,5-6,14-15H,4,7-12H2,(H,22,23)/p-1/t14-,15-/m1/s1. The number of amidine groups is 1. The molecule has 0 unspecified atom stereocenters. The molecular formula is C18H21N2O5S2-. The topological polar surface area (TPSA) is 107 Å². The summed E-state index contributed by atoms with van der Waals surface area (Å²) in [5.74, 6) is -1.39. The Labute approximate surface area is 162 Å². The van der Waals surface area contributed by atoms with Gasteiger partial charge in [-0.1, -0.05) is 42.1 Å². The van der Waals surface area contributed by atoms with Crippen LogP contribution in [0.1, 0.15) is 24.8 Å². The molecule has 2 aliphatic rings. The van der Waals surface area contributed by atoms with E-state index in [0.29, 0.717) is 11.7 Å². The zero-order valence-corrected chi connectivity index (χ0v) is 16.4. The van der Waals surface area contributed by atoms with E-state index in [1.165, 1.54) is 11.8 Å². The molecule has 1 amide bonds. The average molecular weight is 410 g/mol. The van der Waals surface area contributed by atoms with Crippen molar-refractivity contribution in [1.29, 1.82) is 0 Å². The predicted octanol–water partition coefficient (Wildman–Crippen LogP) is 0.246. The number of nitrogens with zero attached hydrogens (tertiary/aromatic N) is 2. The van der Waals surface area contributed by atoms with Gasteiger partial charge in [0.15, 0.2) is 15.0 Å². The number of fused-ring (bicyclic) bond motifs is 1. The van der Waals surface area contributed by atoms with Crippen molar-refractivity contribution in [1.82, 2.24) is 4.90 Å². The fourth-order valence-corrected chi connectivity index (χ4v) is 7.33. The molecule has 0 N–H and O–H groups in total. The summed E-state index contributed by atoms with van der Waals surface area (Å²) < 4.78 is 24.0. The summed E-state index contributed by atoms with van der Waals surface area (Å²) in [4.78, 5) is 28.6. The first-order valence-electron chi connectivity index (χ1n) is 8.83. The molecule has 3 rings (SSSR count). The smallest absolute Gasteiger partial charge is 0.248 e. The lowest BCUT2D eigenvalue weighted by Gasteiger charge is -2.24. The van der Waals surface area contributed by atoms with Gasteiger partial charge in [-0.25, -0.2) is 8.42 Å². The lowest BCUT2D eigenvalue weighted by molar-refractivity contribution is -0.305. The van der Waals surface area contributed by atoms with Crippen molar-refractivity contribution in [3.8, 4) is 0 Å². The number of benzene rings is 1. The number of rotatable bonds is 7. The van der Waals surface area contributed by atoms with Crippen LogP contribution < -0.4 is 5.11 Å². The van der Waals surface area contributed by atoms with Crippen LogP contribution in [0, 0.1) is 0 Å². The third kappa shape index (κ3) is 5.32. The number of hydrogen-bond donors (Lipinski definition) is 0. The van der Waals surface area contributed by atoms with Crippen LogP contribution in [-0.2, 0) is 25.8 Å². The maximum Gasteiger partial charge on any atom is 0.248 e. The van der Waals surface area contributed by atoms with Crippen LogP contribution in [0.3, 0.4) is 0 Å². The summed E-state index contributed by atoms with van der Waals surface area (Å²) in [6.45, 7) is 0.582. The average Bonchev–Trinajstić information content (AvgIpc) is 3.04. The quantitative estimate of drug-likeness (QED) is 0.635. The Kier molecular flexibility index (Phi) is 6.21. The van der Waals surface area contributed by atoms with Crippen LogP contribution in [0.4, 0.5) is 0 Å². The largest absolute Gasteiger partial charge is 0.550 e. The van der Waals surface area contributed by atoms with Crippen molar-refractivity contribution in [3.05, 3.63) is 35.9 Å². The van der Waals surface area contributed by atoms with Crippen LogP contribution >= 0.6 is 11.8 Å². The van der Waals surface area contributed by atoms with Crippen molar-refractivity contribution in [2.75, 3.05) is 18.1 Å². The molecule has 2 fully saturated rings. The summed E-state index contributed by atoms with van der Waals surface area (Å²) in [5.41, 5.74) is 1.13. The Hall–Kier alpha value is -1.87. The SMILES string of the molecule is O=C([O-])CCCC(=O)N=C1S[C@@H]2CS(=O)(=O)C[C@H]2N1CCc1ccccc1. The molecular weight excluding hydrogens is 388 g/mol. The third-order valence-corrected chi connectivity index (χ3v) is 7.90. The van der Waals surface area contributed by atoms with E-state index in [1.54, 1.807) is 0 Å². The van der Waals surface area contributed by atoms with Crippen molar-refractivity contribution >= 4 is 38.6 Å². The molecule has 1 aromatic rings. The Morgan fingerprint density at radius 2 is 1.93 bits per heavy atom. The van der Waals surface area contributed by atoms with E-state index >= 15 is 0 Å². The molecule has 0 aromatic heterocycles. The molecule has 2 atom stereocenters. The number of carboxylic acid groups (broad SMARTS) is 1. The fraction of sp³-hybridized carbons (Fsp3) is 0.500. The molecule has 1 aromatic carbocycles. The maximum absolute atomic E-state index is 12.1. The summed E-state index contributed by atoms with van der Waals surface area (Å²) in [6, 6.07) is 9.69. The number of thioether (sulfide) groups is 1. The molecule has 2 heterocycles. The molecule has 0 spiro atoms. The minimum absolute atomic E-state index is 0.0399. The third-order valence-electron chi connectivity index (χ3n) is 4.65. The summed E-state index contributed by atoms with van der Waals surface area (Å²) in [7, 11) is -3.07. The van der Waals surface area contributed by atoms with Crippen LogP contribution in [0.2, 0.25) is 0 Å². The minimum atomic E-state index is -3.07. The van der Waals surface area contributed by atoms with Crippen LogP contribution in [0.25, 0.3) is 0 Å². The van der Waals surface area contributed by atoms with Crippen molar-refractivity contribution < 1.29 is 23.1 Å². The molecule has 27 heavy (non-hydrogen) atoms. The summed E-state index contributed by atoms with van der Waals surface area (Å²) >= 11 is 1.34. The first kappa shape index (κ1) is 19.9. The van der Waals surface area contributed by atoms with Gasteiger partial charge in [0.1, 0.15) is 0 Å². The number of aliphatic carboxylic acids is 1. The van der Waals surface area contributed by atoms with Crippen LogP contribution in [0.5, 0.6) is 0 Å². The maximum atomic E-state index is 12.1. The van der Waals surface area contributed by atoms with E-state index in [2.05, 4.69) is 4.99 Å². The summed E-state index contributed by atoms with van der Waals surface area (Å²) in [5, 5.41) is 10.9. The number of carbonyl (C=O) groups excluding carboxylic acids is 2. The molecule has 9 heteroatoms. The van der Waals surface area contributed by atoms with E-state index in [9.17, 15) is 23.1 Å². The zero-order chi connectivity index (χ0) is 19.4. The van der Waals surface area contributed by atoms with E-state index in [4.69, 9.17) is 0 Å². The number of hydrogen-bond acceptors (Lipinski definition) is 6. The van der Waals surface area contributed by atoms with Gasteiger partial charge in [-0.2, -0.15) is 4.99 Å². The number of sulfone groups is 1. The van der Waals surface area contributed by atoms with E-state index < -0.39 is 15.8 Å². The second-order valence-electron chi connectivity index (χ2n) is 6.74. The Morgan fingerprint density at radius 1 is 1.19 bits per heavy atom. The molecule has 7 nitrogen and oxygen atoms in total. The normalized spacial score (nSPS) is 24.9. The van der Waals surface area contributed by atoms with Crippen molar-refractivity contribution in [3.63, 3.8) is 0 Å². The predicted molar refractivity (Wildman–Crippen MR) is 102 cm³/mol. The van der Waals surface area contributed by atoms with Crippen LogP contribution in [-0.4, -0.2) is 59.7 Å². The second kappa shape index (κ2) is 8.43. The number of aliphatic imine (C=N–C) groups is 1. The number of carboxylic acids is 1. The van der Waals surface area contributed by atoms with Gasteiger partial charge in [0.25, 0.3) is 0 Å². The number of carbonyl (C=O) groups is 2. The fourth-order valence-electron chi connectivity index (χ4n) is 3.34. The first-order valence-corrected chi connectivity index (χ1v) is 11.5. The monoisotopic (exact) mass is 409 g/mol. The van der Waals surface area contributed by atoms with Gasteiger partial charge in [0, 0.05) is 24.2 Å². The van der Waals surface area contributed by atoms with Crippen molar-refractivity contribution in [2.45, 2.75) is 37.0 Å². The van der Waals surface area contributed by atoms with Gasteiger partial charge < -0.3 is 14.8 Å². The second-order valence-corrected chi connectivity index (χ2v) is 10.1. The molecule has 2 aliphatic heterocycles. The highest BCUT2D eigenvalue weighted by atomic mass is 32.2. The molecule has 146 valence electrons. The highest BCUT2D eigenvalue weighted by Crippen LogP contribution is 2.38. The Morgan fingerprint density at radius 3 is 2.63 bits per heavy atom. The zero-order valence-electron chi connectivity index (χ0n) is 14.7. The van der Waals surface area contributed by atoms with Gasteiger partial charge in [-0.05, 0) is 24.8 Å². The van der Waals surface area contributed by atoms with Crippen molar-refractivity contribution in [2.24, 2.45) is 4.99 Å². The lowest BCUT2D eigenvalue weighted by atomic mass is 10.1. The van der Waals surface area contributed by atoms with E-state index in [1.807, 2.05) is 35.2 Å². The van der Waals surface area contributed by atoms with E-state index in [0.717, 1.165) is 12.0 Å². The van der Waals surface area contributed by atoms with Gasteiger partial charge in [-0.3, -0.25) is 4.79 Å². The lowest BCUT2D eigenvalue weighted by Crippen LogP contribution is -2.39. The molecule has 0 aliphatic carbocycles. The first-order chi connectivity index (χ1) is 12.8. The molecule has 0 bridgehead atoms. The van der Waals surface area contributed by atoms with E-state index in [-0.39, 0.29) is 48.0 Å². The molecule has 0 saturated carbocycles. The van der Waals surface area contributed by atoms with Gasteiger partial charge >= 0.3 is 0 Å². The minimum Gasteiger partial charge on any atom is -0.550 e. The number of amides is 1. The summed E-state index contributed by atoms with van der Waals surface area (Å²) in [6.07, 6.45) is 0.777. The molecule has 2 saturated heterocycles. The van der Waals surface area contributed by atoms with Crippen LogP contribution in [0.15, 0.2) is 35.3 Å². The van der Waals surface area contributed by atoms with Gasteiger partial charge in [-0.15, -0.1) is 0 Å². The Bertz CT molecular complexity index is 839. The Balaban J connectivity index is 1.70. The highest BCUT2D eigenvalue weighted by molar-refractivity contribution is 8.15.